The molecule has 0 aliphatic rings. The summed E-state index contributed by atoms with van der Waals surface area (Å²) in [7, 11) is -4.46. The van der Waals surface area contributed by atoms with Gasteiger partial charge in [-0.3, -0.25) is 9.10 Å². The van der Waals surface area contributed by atoms with Crippen molar-refractivity contribution in [3.05, 3.63) is 88.2 Å². The molecule has 0 unspecified atom stereocenters. The molecule has 0 aliphatic heterocycles. The quantitative estimate of drug-likeness (QED) is 0.406. The molecule has 0 saturated carbocycles. The minimum atomic E-state index is -4.86. The van der Waals surface area contributed by atoms with Crippen LogP contribution in [-0.2, 0) is 21.0 Å². The molecule has 33 heavy (non-hydrogen) atoms. The molecule has 174 valence electrons. The molecule has 0 atom stereocenters. The Kier molecular flexibility index (Phi) is 7.20. The zero-order valence-corrected chi connectivity index (χ0v) is 18.7. The molecule has 0 fully saturated rings. The summed E-state index contributed by atoms with van der Waals surface area (Å²) in [6.45, 7) is -0.884. The Morgan fingerprint density at radius 2 is 1.61 bits per heavy atom. The maximum atomic E-state index is 13.4. The summed E-state index contributed by atoms with van der Waals surface area (Å²) in [5, 5.41) is 1.43. The number of rotatable bonds is 6. The predicted octanol–water partition coefficient (Wildman–Crippen LogP) is 5.99. The third kappa shape index (κ3) is 5.76. The van der Waals surface area contributed by atoms with Crippen LogP contribution in [0.4, 0.5) is 28.9 Å². The van der Waals surface area contributed by atoms with Crippen LogP contribution in [0.5, 0.6) is 0 Å². The van der Waals surface area contributed by atoms with Crippen molar-refractivity contribution in [2.45, 2.75) is 11.1 Å². The maximum absolute atomic E-state index is 13.4. The first-order valence-corrected chi connectivity index (χ1v) is 11.3. The lowest BCUT2D eigenvalue weighted by molar-refractivity contribution is -0.137. The minimum absolute atomic E-state index is 0.0653. The number of alkyl halides is 3. The van der Waals surface area contributed by atoms with Crippen molar-refractivity contribution in [1.82, 2.24) is 0 Å². The average Bonchev–Trinajstić information content (AvgIpc) is 2.75. The number of hydrogen-bond acceptors (Lipinski definition) is 3. The summed E-state index contributed by atoms with van der Waals surface area (Å²) in [4.78, 5) is 12.4. The van der Waals surface area contributed by atoms with Crippen LogP contribution in [0, 0.1) is 5.82 Å². The molecule has 0 heterocycles. The Morgan fingerprint density at radius 3 is 2.21 bits per heavy atom. The molecule has 3 rings (SSSR count). The summed E-state index contributed by atoms with van der Waals surface area (Å²) in [5.74, 6) is -1.63. The number of anilines is 2. The van der Waals surface area contributed by atoms with Crippen LogP contribution in [0.2, 0.25) is 10.0 Å². The van der Waals surface area contributed by atoms with Crippen molar-refractivity contribution in [3.8, 4) is 0 Å². The van der Waals surface area contributed by atoms with E-state index in [0.29, 0.717) is 10.4 Å². The highest BCUT2D eigenvalue weighted by atomic mass is 35.5. The number of halogens is 6. The van der Waals surface area contributed by atoms with Crippen molar-refractivity contribution < 1.29 is 30.8 Å². The molecule has 0 saturated heterocycles. The van der Waals surface area contributed by atoms with Gasteiger partial charge >= 0.3 is 6.18 Å². The highest BCUT2D eigenvalue weighted by Crippen LogP contribution is 2.38. The van der Waals surface area contributed by atoms with E-state index in [1.54, 1.807) is 6.07 Å². The van der Waals surface area contributed by atoms with E-state index in [2.05, 4.69) is 5.32 Å². The van der Waals surface area contributed by atoms with Gasteiger partial charge in [0.1, 0.15) is 12.4 Å². The number of benzene rings is 3. The van der Waals surface area contributed by atoms with Crippen LogP contribution in [-0.4, -0.2) is 20.9 Å². The van der Waals surface area contributed by atoms with Crippen LogP contribution >= 0.6 is 23.2 Å². The van der Waals surface area contributed by atoms with Gasteiger partial charge in [0.15, 0.2) is 0 Å². The van der Waals surface area contributed by atoms with Gasteiger partial charge in [-0.15, -0.1) is 0 Å². The second-order valence-corrected chi connectivity index (χ2v) is 9.34. The number of nitrogens with one attached hydrogen (secondary N) is 1. The summed E-state index contributed by atoms with van der Waals surface area (Å²) in [6.07, 6.45) is -4.86. The number of carbonyl (C=O) groups is 1. The fourth-order valence-corrected chi connectivity index (χ4v) is 4.66. The van der Waals surface area contributed by atoms with Gasteiger partial charge in [0.2, 0.25) is 5.91 Å². The van der Waals surface area contributed by atoms with E-state index >= 15 is 0 Å². The van der Waals surface area contributed by atoms with E-state index in [0.717, 1.165) is 24.3 Å². The van der Waals surface area contributed by atoms with Crippen molar-refractivity contribution in [2.24, 2.45) is 0 Å². The van der Waals surface area contributed by atoms with E-state index in [-0.39, 0.29) is 15.6 Å². The zero-order valence-electron chi connectivity index (χ0n) is 16.4. The summed E-state index contributed by atoms with van der Waals surface area (Å²) >= 11 is 11.3. The Bertz CT molecular complexity index is 1290. The van der Waals surface area contributed by atoms with Crippen LogP contribution < -0.4 is 9.62 Å². The summed E-state index contributed by atoms with van der Waals surface area (Å²) in [6, 6.07) is 12.7. The molecule has 1 amide bonds. The Hall–Kier alpha value is -2.82. The first-order chi connectivity index (χ1) is 15.4. The second-order valence-electron chi connectivity index (χ2n) is 6.66. The topological polar surface area (TPSA) is 66.5 Å². The molecule has 0 bridgehead atoms. The van der Waals surface area contributed by atoms with Gasteiger partial charge in [-0.25, -0.2) is 12.8 Å². The van der Waals surface area contributed by atoms with Gasteiger partial charge in [-0.1, -0.05) is 41.4 Å². The number of carbonyl (C=O) groups excluding carboxylic acids is 1. The first kappa shape index (κ1) is 24.8. The van der Waals surface area contributed by atoms with E-state index in [1.165, 1.54) is 30.3 Å². The molecule has 3 aromatic rings. The van der Waals surface area contributed by atoms with Gasteiger partial charge in [-0.2, -0.15) is 13.2 Å². The first-order valence-electron chi connectivity index (χ1n) is 9.09. The average molecular weight is 521 g/mol. The standard InChI is InChI=1S/C21H14Cl2F4N2O3S/c22-17-8-7-14(11-16(17)21(25,26)27)29(33(31,32)15-4-2-1-3-5-15)12-20(30)28-13-6-9-19(24)18(23)10-13/h1-11H,12H2,(H,28,30). The van der Waals surface area contributed by atoms with Gasteiger partial charge in [0.05, 0.1) is 26.2 Å². The minimum Gasteiger partial charge on any atom is -0.324 e. The van der Waals surface area contributed by atoms with Crippen molar-refractivity contribution in [1.29, 1.82) is 0 Å². The SMILES string of the molecule is O=C(CN(c1ccc(Cl)c(C(F)(F)F)c1)S(=O)(=O)c1ccccc1)Nc1ccc(F)c(Cl)c1. The molecule has 3 aromatic carbocycles. The number of nitrogens with zero attached hydrogens (tertiary/aromatic N) is 1. The van der Waals surface area contributed by atoms with Gasteiger partial charge in [0, 0.05) is 5.69 Å². The Morgan fingerprint density at radius 1 is 0.939 bits per heavy atom. The highest BCUT2D eigenvalue weighted by Gasteiger charge is 2.35. The van der Waals surface area contributed by atoms with Crippen molar-refractivity contribution >= 4 is 50.5 Å². The summed E-state index contributed by atoms with van der Waals surface area (Å²) < 4.78 is 80.4. The smallest absolute Gasteiger partial charge is 0.324 e. The second kappa shape index (κ2) is 9.58. The Labute approximate surface area is 196 Å². The molecule has 0 aromatic heterocycles. The molecule has 0 radical (unpaired) electrons. The van der Waals surface area contributed by atoms with E-state index in [4.69, 9.17) is 23.2 Å². The van der Waals surface area contributed by atoms with Gasteiger partial charge in [0.25, 0.3) is 10.0 Å². The van der Waals surface area contributed by atoms with Crippen molar-refractivity contribution in [2.75, 3.05) is 16.2 Å². The highest BCUT2D eigenvalue weighted by molar-refractivity contribution is 7.92. The maximum Gasteiger partial charge on any atom is 0.417 e. The number of sulfonamides is 1. The largest absolute Gasteiger partial charge is 0.417 e. The zero-order chi connectivity index (χ0) is 24.4. The monoisotopic (exact) mass is 520 g/mol. The Balaban J connectivity index is 2.03. The van der Waals surface area contributed by atoms with Gasteiger partial charge in [-0.05, 0) is 48.5 Å². The molecular weight excluding hydrogens is 507 g/mol. The molecule has 12 heteroatoms. The fraction of sp³-hybridized carbons (Fsp3) is 0.0952. The molecule has 1 N–H and O–H groups in total. The lowest BCUT2D eigenvalue weighted by atomic mass is 10.2. The van der Waals surface area contributed by atoms with Crippen LogP contribution in [0.15, 0.2) is 71.6 Å². The van der Waals surface area contributed by atoms with Crippen LogP contribution in [0.3, 0.4) is 0 Å². The lowest BCUT2D eigenvalue weighted by Gasteiger charge is -2.25. The molecule has 5 nitrogen and oxygen atoms in total. The van der Waals surface area contributed by atoms with Crippen LogP contribution in [0.1, 0.15) is 5.56 Å². The lowest BCUT2D eigenvalue weighted by Crippen LogP contribution is -2.38. The van der Waals surface area contributed by atoms with Gasteiger partial charge < -0.3 is 5.32 Å². The summed E-state index contributed by atoms with van der Waals surface area (Å²) in [5.41, 5.74) is -1.63. The van der Waals surface area contributed by atoms with Crippen LogP contribution in [0.25, 0.3) is 0 Å². The number of hydrogen-bond donors (Lipinski definition) is 1. The number of amides is 1. The molecule has 0 aliphatic carbocycles. The normalized spacial score (nSPS) is 11.8. The van der Waals surface area contributed by atoms with E-state index < -0.39 is 50.7 Å². The molecular formula is C21H14Cl2F4N2O3S. The third-order valence-corrected chi connectivity index (χ3v) is 6.77. The predicted molar refractivity (Wildman–Crippen MR) is 117 cm³/mol. The van der Waals surface area contributed by atoms with E-state index in [9.17, 15) is 30.8 Å². The van der Waals surface area contributed by atoms with Crippen molar-refractivity contribution in [3.63, 3.8) is 0 Å². The molecule has 0 spiro atoms. The third-order valence-electron chi connectivity index (χ3n) is 4.37. The fourth-order valence-electron chi connectivity index (χ4n) is 2.83. The van der Waals surface area contributed by atoms with E-state index in [1.807, 2.05) is 0 Å².